The number of amides is 1. The molecule has 0 bridgehead atoms. The molecule has 2 unspecified atom stereocenters. The van der Waals surface area contributed by atoms with Crippen molar-refractivity contribution in [2.24, 2.45) is 0 Å². The van der Waals surface area contributed by atoms with Gasteiger partial charge in [-0.15, -0.1) is 0 Å². The number of carbonyl (C=O) groups excluding carboxylic acids is 1. The fraction of sp³-hybridized carbons (Fsp3) is 0.429. The van der Waals surface area contributed by atoms with Crippen LogP contribution in [0.25, 0.3) is 0 Å². The van der Waals surface area contributed by atoms with Crippen molar-refractivity contribution >= 4 is 17.6 Å². The Morgan fingerprint density at radius 3 is 2.79 bits per heavy atom. The fourth-order valence-corrected chi connectivity index (χ4v) is 2.78. The first kappa shape index (κ1) is 12.2. The van der Waals surface area contributed by atoms with Crippen LogP contribution in [0.1, 0.15) is 18.4 Å². The van der Waals surface area contributed by atoms with Crippen LogP contribution in [0, 0.1) is 0 Å². The van der Waals surface area contributed by atoms with E-state index in [1.54, 1.807) is 6.07 Å². The van der Waals surface area contributed by atoms with Crippen LogP contribution in [0.3, 0.4) is 0 Å². The summed E-state index contributed by atoms with van der Waals surface area (Å²) >= 11 is 0. The molecule has 1 fully saturated rings. The zero-order valence-corrected chi connectivity index (χ0v) is 10.4. The van der Waals surface area contributed by atoms with E-state index in [0.717, 1.165) is 12.0 Å². The SMILES string of the molecule is O=C(O)C1Cc2ccccc2N1C(=O)C1CCCO1. The van der Waals surface area contributed by atoms with E-state index in [-0.39, 0.29) is 5.91 Å². The number of carbonyl (C=O) groups is 2. The Hall–Kier alpha value is -1.88. The minimum Gasteiger partial charge on any atom is -0.480 e. The number of hydrogen-bond acceptors (Lipinski definition) is 3. The number of hydrogen-bond donors (Lipinski definition) is 1. The molecule has 0 radical (unpaired) electrons. The summed E-state index contributed by atoms with van der Waals surface area (Å²) in [4.78, 5) is 25.2. The van der Waals surface area contributed by atoms with E-state index < -0.39 is 18.1 Å². The molecule has 0 aromatic heterocycles. The monoisotopic (exact) mass is 261 g/mol. The van der Waals surface area contributed by atoms with Gasteiger partial charge in [-0.25, -0.2) is 4.79 Å². The Morgan fingerprint density at radius 1 is 1.32 bits per heavy atom. The smallest absolute Gasteiger partial charge is 0.327 e. The van der Waals surface area contributed by atoms with Crippen LogP contribution in [0.4, 0.5) is 5.69 Å². The molecule has 1 saturated heterocycles. The standard InChI is InChI=1S/C14H15NO4/c16-13(12-6-3-7-19-12)15-10-5-2-1-4-9(10)8-11(15)14(17)18/h1-2,4-5,11-12H,3,6-8H2,(H,17,18). The molecule has 5 nitrogen and oxygen atoms in total. The molecule has 3 rings (SSSR count). The second-order valence-electron chi connectivity index (χ2n) is 4.90. The number of ether oxygens (including phenoxy) is 1. The number of carboxylic acids is 1. The van der Waals surface area contributed by atoms with Crippen LogP contribution in [0.5, 0.6) is 0 Å². The average Bonchev–Trinajstić information content (AvgIpc) is 3.05. The Kier molecular flexibility index (Phi) is 2.98. The van der Waals surface area contributed by atoms with Gasteiger partial charge in [0, 0.05) is 18.7 Å². The quantitative estimate of drug-likeness (QED) is 0.869. The summed E-state index contributed by atoms with van der Waals surface area (Å²) in [6.07, 6.45) is 1.39. The second-order valence-corrected chi connectivity index (χ2v) is 4.90. The first-order chi connectivity index (χ1) is 9.18. The summed E-state index contributed by atoms with van der Waals surface area (Å²) in [5, 5.41) is 9.31. The predicted octanol–water partition coefficient (Wildman–Crippen LogP) is 1.21. The number of nitrogens with zero attached hydrogens (tertiary/aromatic N) is 1. The third-order valence-corrected chi connectivity index (χ3v) is 3.70. The number of aliphatic carboxylic acids is 1. The van der Waals surface area contributed by atoms with Gasteiger partial charge >= 0.3 is 5.97 Å². The van der Waals surface area contributed by atoms with Gasteiger partial charge in [0.25, 0.3) is 5.91 Å². The lowest BCUT2D eigenvalue weighted by Gasteiger charge is -2.25. The molecule has 19 heavy (non-hydrogen) atoms. The van der Waals surface area contributed by atoms with Crippen molar-refractivity contribution in [2.45, 2.75) is 31.4 Å². The second kappa shape index (κ2) is 4.66. The van der Waals surface area contributed by atoms with Gasteiger partial charge in [0.05, 0.1) is 0 Å². The fourth-order valence-electron chi connectivity index (χ4n) is 2.78. The lowest BCUT2D eigenvalue weighted by Crippen LogP contribution is -2.47. The Labute approximate surface area is 110 Å². The maximum Gasteiger partial charge on any atom is 0.327 e. The molecule has 0 saturated carbocycles. The van der Waals surface area contributed by atoms with Crippen molar-refractivity contribution in [3.05, 3.63) is 29.8 Å². The maximum absolute atomic E-state index is 12.5. The highest BCUT2D eigenvalue weighted by molar-refractivity contribution is 6.04. The minimum absolute atomic E-state index is 0.227. The zero-order chi connectivity index (χ0) is 13.4. The van der Waals surface area contributed by atoms with Gasteiger partial charge in [-0.05, 0) is 24.5 Å². The van der Waals surface area contributed by atoms with Gasteiger partial charge in [-0.3, -0.25) is 9.69 Å². The van der Waals surface area contributed by atoms with E-state index in [1.165, 1.54) is 4.90 Å². The molecule has 1 aromatic rings. The molecular formula is C14H15NO4. The van der Waals surface area contributed by atoms with E-state index in [9.17, 15) is 14.7 Å². The summed E-state index contributed by atoms with van der Waals surface area (Å²) in [7, 11) is 0. The van der Waals surface area contributed by atoms with Crippen molar-refractivity contribution < 1.29 is 19.4 Å². The highest BCUT2D eigenvalue weighted by atomic mass is 16.5. The van der Waals surface area contributed by atoms with Crippen LogP contribution in [-0.2, 0) is 20.7 Å². The van der Waals surface area contributed by atoms with Gasteiger partial charge in [-0.1, -0.05) is 18.2 Å². The predicted molar refractivity (Wildman–Crippen MR) is 68.0 cm³/mol. The van der Waals surface area contributed by atoms with Gasteiger partial charge in [0.2, 0.25) is 0 Å². The summed E-state index contributed by atoms with van der Waals surface area (Å²) < 4.78 is 5.39. The van der Waals surface area contributed by atoms with Gasteiger partial charge in [-0.2, -0.15) is 0 Å². The van der Waals surface area contributed by atoms with E-state index >= 15 is 0 Å². The highest BCUT2D eigenvalue weighted by Gasteiger charge is 2.41. The summed E-state index contributed by atoms with van der Waals surface area (Å²) in [5.74, 6) is -1.20. The molecule has 1 amide bonds. The van der Waals surface area contributed by atoms with Gasteiger partial charge in [0.1, 0.15) is 12.1 Å². The molecular weight excluding hydrogens is 246 g/mol. The Balaban J connectivity index is 1.95. The van der Waals surface area contributed by atoms with Crippen LogP contribution >= 0.6 is 0 Å². The number of anilines is 1. The normalized spacial score (nSPS) is 25.4. The molecule has 0 aliphatic carbocycles. The van der Waals surface area contributed by atoms with E-state index in [1.807, 2.05) is 18.2 Å². The Morgan fingerprint density at radius 2 is 2.11 bits per heavy atom. The first-order valence-corrected chi connectivity index (χ1v) is 6.44. The molecule has 1 aromatic carbocycles. The van der Waals surface area contributed by atoms with Crippen LogP contribution in [0.2, 0.25) is 0 Å². The number of fused-ring (bicyclic) bond motifs is 1. The van der Waals surface area contributed by atoms with Crippen molar-refractivity contribution in [3.63, 3.8) is 0 Å². The lowest BCUT2D eigenvalue weighted by atomic mass is 10.1. The van der Waals surface area contributed by atoms with Crippen molar-refractivity contribution in [2.75, 3.05) is 11.5 Å². The molecule has 2 heterocycles. The van der Waals surface area contributed by atoms with E-state index in [0.29, 0.717) is 25.1 Å². The topological polar surface area (TPSA) is 66.8 Å². The maximum atomic E-state index is 12.5. The summed E-state index contributed by atoms with van der Waals surface area (Å²) in [6.45, 7) is 0.573. The third kappa shape index (κ3) is 2.00. The average molecular weight is 261 g/mol. The van der Waals surface area contributed by atoms with Crippen molar-refractivity contribution in [1.29, 1.82) is 0 Å². The molecule has 0 spiro atoms. The lowest BCUT2D eigenvalue weighted by molar-refractivity contribution is -0.141. The van der Waals surface area contributed by atoms with Gasteiger partial charge in [0.15, 0.2) is 0 Å². The van der Waals surface area contributed by atoms with Crippen LogP contribution in [-0.4, -0.2) is 35.7 Å². The molecule has 1 N–H and O–H groups in total. The van der Waals surface area contributed by atoms with E-state index in [4.69, 9.17) is 4.74 Å². The summed E-state index contributed by atoms with van der Waals surface area (Å²) in [5.41, 5.74) is 1.61. The minimum atomic E-state index is -0.970. The third-order valence-electron chi connectivity index (χ3n) is 3.70. The summed E-state index contributed by atoms with van der Waals surface area (Å²) in [6, 6.07) is 6.53. The van der Waals surface area contributed by atoms with E-state index in [2.05, 4.69) is 0 Å². The number of carboxylic acid groups (broad SMARTS) is 1. The number of rotatable bonds is 2. The molecule has 2 aliphatic heterocycles. The highest BCUT2D eigenvalue weighted by Crippen LogP contribution is 2.33. The first-order valence-electron chi connectivity index (χ1n) is 6.44. The van der Waals surface area contributed by atoms with Crippen LogP contribution < -0.4 is 4.90 Å². The Bertz CT molecular complexity index is 522. The molecule has 2 atom stereocenters. The van der Waals surface area contributed by atoms with Crippen molar-refractivity contribution in [1.82, 2.24) is 0 Å². The zero-order valence-electron chi connectivity index (χ0n) is 10.4. The van der Waals surface area contributed by atoms with Crippen molar-refractivity contribution in [3.8, 4) is 0 Å². The number of benzene rings is 1. The van der Waals surface area contributed by atoms with Crippen LogP contribution in [0.15, 0.2) is 24.3 Å². The molecule has 100 valence electrons. The van der Waals surface area contributed by atoms with Gasteiger partial charge < -0.3 is 9.84 Å². The largest absolute Gasteiger partial charge is 0.480 e. The molecule has 5 heteroatoms. The number of para-hydroxylation sites is 1. The molecule has 2 aliphatic rings.